The molecule has 1 aromatic rings. The molecule has 11 heavy (non-hydrogen) atoms. The first kappa shape index (κ1) is 6.17. The van der Waals surface area contributed by atoms with E-state index in [-0.39, 0.29) is 5.78 Å². The number of ketones is 1. The summed E-state index contributed by atoms with van der Waals surface area (Å²) in [5.74, 6) is 0.0442. The fraction of sp³-hybridized carbons (Fsp3) is 0.250. The van der Waals surface area contributed by atoms with Gasteiger partial charge in [0.05, 0.1) is 17.9 Å². The van der Waals surface area contributed by atoms with Crippen LogP contribution in [-0.4, -0.2) is 5.78 Å². The van der Waals surface area contributed by atoms with Crippen LogP contribution in [0.2, 0.25) is 0 Å². The van der Waals surface area contributed by atoms with Crippen LogP contribution in [0.3, 0.4) is 0 Å². The van der Waals surface area contributed by atoms with E-state index in [2.05, 4.69) is 0 Å². The van der Waals surface area contributed by atoms with Gasteiger partial charge in [0.2, 0.25) is 0 Å². The first-order chi connectivity index (χ1) is 5.33. The molecule has 0 bridgehead atoms. The lowest BCUT2D eigenvalue weighted by atomic mass is 10.1. The molecule has 54 valence electrons. The Balaban J connectivity index is 2.47. The number of Topliss-reactive ketones (excluding diaryl/α,β-unsaturated/α-hetero) is 1. The van der Waals surface area contributed by atoms with Gasteiger partial charge in [-0.3, -0.25) is 4.79 Å². The van der Waals surface area contributed by atoms with Gasteiger partial charge < -0.3 is 4.42 Å². The third kappa shape index (κ3) is 0.695. The van der Waals surface area contributed by atoms with Crippen molar-refractivity contribution in [2.45, 2.75) is 6.42 Å². The van der Waals surface area contributed by atoms with Gasteiger partial charge in [0.15, 0.2) is 5.78 Å². The van der Waals surface area contributed by atoms with E-state index in [0.29, 0.717) is 17.7 Å². The standard InChI is InChI=1S/C8H5NO2/c9-4-5-3-7-6(8(5)10)1-2-11-7/h1-2,5H,3H2. The van der Waals surface area contributed by atoms with Crippen LogP contribution in [0.4, 0.5) is 0 Å². The SMILES string of the molecule is N#CC1Cc2occc2C1=O. The molecule has 1 unspecified atom stereocenters. The molecular weight excluding hydrogens is 142 g/mol. The topological polar surface area (TPSA) is 54.0 Å². The summed E-state index contributed by atoms with van der Waals surface area (Å²) < 4.78 is 5.01. The zero-order chi connectivity index (χ0) is 7.84. The molecule has 3 nitrogen and oxygen atoms in total. The molecule has 0 aromatic carbocycles. The molecule has 0 aliphatic heterocycles. The van der Waals surface area contributed by atoms with Gasteiger partial charge in [-0.1, -0.05) is 0 Å². The summed E-state index contributed by atoms with van der Waals surface area (Å²) in [7, 11) is 0. The molecule has 0 spiro atoms. The Morgan fingerprint density at radius 3 is 3.18 bits per heavy atom. The lowest BCUT2D eigenvalue weighted by Crippen LogP contribution is -2.05. The molecule has 1 aliphatic rings. The number of hydrogen-bond donors (Lipinski definition) is 0. The Morgan fingerprint density at radius 1 is 1.73 bits per heavy atom. The second-order valence-electron chi connectivity index (χ2n) is 2.51. The van der Waals surface area contributed by atoms with Crippen LogP contribution in [0.15, 0.2) is 16.7 Å². The van der Waals surface area contributed by atoms with E-state index in [1.54, 1.807) is 6.07 Å². The van der Waals surface area contributed by atoms with E-state index in [0.717, 1.165) is 0 Å². The van der Waals surface area contributed by atoms with Gasteiger partial charge >= 0.3 is 0 Å². The van der Waals surface area contributed by atoms with Crippen LogP contribution in [0.1, 0.15) is 16.1 Å². The summed E-state index contributed by atoms with van der Waals surface area (Å²) in [4.78, 5) is 11.2. The first-order valence-corrected chi connectivity index (χ1v) is 3.33. The van der Waals surface area contributed by atoms with Crippen LogP contribution in [0.25, 0.3) is 0 Å². The summed E-state index contributed by atoms with van der Waals surface area (Å²) in [6.07, 6.45) is 1.92. The molecule has 0 fully saturated rings. The summed E-state index contributed by atoms with van der Waals surface area (Å²) in [6, 6.07) is 3.56. The van der Waals surface area contributed by atoms with Crippen molar-refractivity contribution in [1.82, 2.24) is 0 Å². The number of fused-ring (bicyclic) bond motifs is 1. The van der Waals surface area contributed by atoms with Crippen LogP contribution in [-0.2, 0) is 6.42 Å². The zero-order valence-corrected chi connectivity index (χ0v) is 5.70. The van der Waals surface area contributed by atoms with Crippen molar-refractivity contribution in [3.05, 3.63) is 23.7 Å². The van der Waals surface area contributed by atoms with Crippen molar-refractivity contribution in [2.75, 3.05) is 0 Å². The van der Waals surface area contributed by atoms with Crippen molar-refractivity contribution in [1.29, 1.82) is 5.26 Å². The molecule has 1 aliphatic carbocycles. The van der Waals surface area contributed by atoms with E-state index in [1.807, 2.05) is 6.07 Å². The van der Waals surface area contributed by atoms with Crippen molar-refractivity contribution in [3.8, 4) is 6.07 Å². The minimum Gasteiger partial charge on any atom is -0.469 e. The van der Waals surface area contributed by atoms with Crippen molar-refractivity contribution in [3.63, 3.8) is 0 Å². The molecule has 0 saturated heterocycles. The Labute approximate surface area is 63.2 Å². The van der Waals surface area contributed by atoms with Gasteiger partial charge in [-0.05, 0) is 6.07 Å². The minimum atomic E-state index is -0.509. The van der Waals surface area contributed by atoms with Gasteiger partial charge in [-0.2, -0.15) is 5.26 Å². The predicted octanol–water partition coefficient (Wildman–Crippen LogP) is 1.16. The molecule has 0 N–H and O–H groups in total. The molecule has 1 aromatic heterocycles. The van der Waals surface area contributed by atoms with E-state index >= 15 is 0 Å². The van der Waals surface area contributed by atoms with E-state index in [1.165, 1.54) is 6.26 Å². The van der Waals surface area contributed by atoms with Crippen LogP contribution in [0, 0.1) is 17.2 Å². The van der Waals surface area contributed by atoms with Gasteiger partial charge in [0.1, 0.15) is 11.7 Å². The zero-order valence-electron chi connectivity index (χ0n) is 5.70. The number of rotatable bonds is 0. The van der Waals surface area contributed by atoms with Crippen LogP contribution >= 0.6 is 0 Å². The van der Waals surface area contributed by atoms with Crippen molar-refractivity contribution in [2.24, 2.45) is 5.92 Å². The molecular formula is C8H5NO2. The molecule has 0 saturated carbocycles. The highest BCUT2D eigenvalue weighted by atomic mass is 16.3. The maximum absolute atomic E-state index is 11.2. The summed E-state index contributed by atoms with van der Waals surface area (Å²) >= 11 is 0. The number of hydrogen-bond acceptors (Lipinski definition) is 3. The summed E-state index contributed by atoms with van der Waals surface area (Å²) in [5.41, 5.74) is 0.580. The Hall–Kier alpha value is -1.56. The average Bonchev–Trinajstić information content (AvgIpc) is 2.53. The molecule has 0 amide bonds. The van der Waals surface area contributed by atoms with Crippen molar-refractivity contribution >= 4 is 5.78 Å². The highest BCUT2D eigenvalue weighted by Crippen LogP contribution is 2.26. The maximum atomic E-state index is 11.2. The van der Waals surface area contributed by atoms with E-state index < -0.39 is 5.92 Å². The molecule has 3 heteroatoms. The third-order valence-corrected chi connectivity index (χ3v) is 1.87. The fourth-order valence-electron chi connectivity index (χ4n) is 1.29. The smallest absolute Gasteiger partial charge is 0.183 e. The Morgan fingerprint density at radius 2 is 2.55 bits per heavy atom. The second-order valence-corrected chi connectivity index (χ2v) is 2.51. The predicted molar refractivity (Wildman–Crippen MR) is 35.8 cm³/mol. The number of carbonyl (C=O) groups is 1. The Kier molecular flexibility index (Phi) is 1.10. The van der Waals surface area contributed by atoms with Crippen LogP contribution in [0.5, 0.6) is 0 Å². The van der Waals surface area contributed by atoms with Gasteiger partial charge in [0.25, 0.3) is 0 Å². The molecule has 0 radical (unpaired) electrons. The third-order valence-electron chi connectivity index (χ3n) is 1.87. The number of nitrogens with zero attached hydrogens (tertiary/aromatic N) is 1. The van der Waals surface area contributed by atoms with Gasteiger partial charge in [0, 0.05) is 6.42 Å². The van der Waals surface area contributed by atoms with Gasteiger partial charge in [-0.25, -0.2) is 0 Å². The van der Waals surface area contributed by atoms with Crippen molar-refractivity contribution < 1.29 is 9.21 Å². The number of nitriles is 1. The maximum Gasteiger partial charge on any atom is 0.183 e. The normalized spacial score (nSPS) is 21.4. The lowest BCUT2D eigenvalue weighted by Gasteiger charge is -1.90. The Bertz CT molecular complexity index is 345. The number of carbonyl (C=O) groups excluding carboxylic acids is 1. The van der Waals surface area contributed by atoms with E-state index in [9.17, 15) is 4.79 Å². The summed E-state index contributed by atoms with van der Waals surface area (Å²) in [5, 5.41) is 8.51. The first-order valence-electron chi connectivity index (χ1n) is 3.33. The summed E-state index contributed by atoms with van der Waals surface area (Å²) in [6.45, 7) is 0. The lowest BCUT2D eigenvalue weighted by molar-refractivity contribution is 0.0963. The largest absolute Gasteiger partial charge is 0.469 e. The highest BCUT2D eigenvalue weighted by Gasteiger charge is 2.32. The quantitative estimate of drug-likeness (QED) is 0.553. The molecule has 1 heterocycles. The molecule has 2 rings (SSSR count). The second kappa shape index (κ2) is 1.96. The van der Waals surface area contributed by atoms with Gasteiger partial charge in [-0.15, -0.1) is 0 Å². The highest BCUT2D eigenvalue weighted by molar-refractivity contribution is 6.02. The monoisotopic (exact) mass is 147 g/mol. The minimum absolute atomic E-state index is 0.101. The average molecular weight is 147 g/mol. The number of furan rings is 1. The van der Waals surface area contributed by atoms with E-state index in [4.69, 9.17) is 9.68 Å². The molecule has 1 atom stereocenters. The van der Waals surface area contributed by atoms with Crippen LogP contribution < -0.4 is 0 Å². The fourth-order valence-corrected chi connectivity index (χ4v) is 1.29.